The van der Waals surface area contributed by atoms with Gasteiger partial charge in [0.15, 0.2) is 0 Å². The first-order valence-electron chi connectivity index (χ1n) is 7.10. The second-order valence-corrected chi connectivity index (χ2v) is 5.50. The SMILES string of the molecule is CC(N)C(C)C(=O)Nc1ccc(N2CCCC2)c(F)c1. The van der Waals surface area contributed by atoms with E-state index in [1.807, 2.05) is 4.90 Å². The van der Waals surface area contributed by atoms with Crippen molar-refractivity contribution in [3.8, 4) is 0 Å². The van der Waals surface area contributed by atoms with E-state index >= 15 is 0 Å². The third kappa shape index (κ3) is 3.28. The number of nitrogens with one attached hydrogen (secondary N) is 1. The van der Waals surface area contributed by atoms with E-state index in [0.29, 0.717) is 11.4 Å². The van der Waals surface area contributed by atoms with Gasteiger partial charge in [-0.05, 0) is 38.0 Å². The van der Waals surface area contributed by atoms with Crippen LogP contribution in [0.3, 0.4) is 0 Å². The van der Waals surface area contributed by atoms with Crippen LogP contribution in [-0.2, 0) is 4.79 Å². The molecule has 1 heterocycles. The van der Waals surface area contributed by atoms with Gasteiger partial charge in [0.05, 0.1) is 11.6 Å². The van der Waals surface area contributed by atoms with E-state index < -0.39 is 0 Å². The van der Waals surface area contributed by atoms with Gasteiger partial charge in [-0.1, -0.05) is 6.92 Å². The molecule has 2 atom stereocenters. The van der Waals surface area contributed by atoms with Crippen LogP contribution >= 0.6 is 0 Å². The van der Waals surface area contributed by atoms with Gasteiger partial charge in [-0.25, -0.2) is 4.39 Å². The van der Waals surface area contributed by atoms with Gasteiger partial charge in [-0.2, -0.15) is 0 Å². The molecule has 2 unspecified atom stereocenters. The van der Waals surface area contributed by atoms with Crippen LogP contribution < -0.4 is 16.0 Å². The number of rotatable bonds is 4. The predicted molar refractivity (Wildman–Crippen MR) is 79.3 cm³/mol. The van der Waals surface area contributed by atoms with Gasteiger partial charge < -0.3 is 16.0 Å². The average molecular weight is 279 g/mol. The lowest BCUT2D eigenvalue weighted by atomic mass is 10.0. The molecule has 0 aromatic heterocycles. The summed E-state index contributed by atoms with van der Waals surface area (Å²) >= 11 is 0. The van der Waals surface area contributed by atoms with Crippen LogP contribution in [0.5, 0.6) is 0 Å². The standard InChI is InChI=1S/C15H22FN3O/c1-10(11(2)17)15(20)18-12-5-6-14(13(16)9-12)19-7-3-4-8-19/h5-6,9-11H,3-4,7-8,17H2,1-2H3,(H,18,20). The minimum atomic E-state index is -0.309. The van der Waals surface area contributed by atoms with Crippen LogP contribution in [0.4, 0.5) is 15.8 Å². The van der Waals surface area contributed by atoms with Crippen LogP contribution in [0.1, 0.15) is 26.7 Å². The number of amides is 1. The van der Waals surface area contributed by atoms with Gasteiger partial charge in [0.25, 0.3) is 0 Å². The summed E-state index contributed by atoms with van der Waals surface area (Å²) in [7, 11) is 0. The fourth-order valence-electron chi connectivity index (χ4n) is 2.29. The molecule has 1 aliphatic rings. The summed E-state index contributed by atoms with van der Waals surface area (Å²) < 4.78 is 14.1. The smallest absolute Gasteiger partial charge is 0.228 e. The monoisotopic (exact) mass is 279 g/mol. The number of carbonyl (C=O) groups is 1. The molecule has 3 N–H and O–H groups in total. The molecule has 2 rings (SSSR count). The largest absolute Gasteiger partial charge is 0.369 e. The van der Waals surface area contributed by atoms with E-state index in [4.69, 9.17) is 5.73 Å². The molecule has 110 valence electrons. The number of halogens is 1. The Morgan fingerprint density at radius 1 is 1.35 bits per heavy atom. The Morgan fingerprint density at radius 2 is 2.00 bits per heavy atom. The molecule has 5 heteroatoms. The zero-order valence-electron chi connectivity index (χ0n) is 12.0. The van der Waals surface area contributed by atoms with Crippen LogP contribution in [-0.4, -0.2) is 25.0 Å². The number of carbonyl (C=O) groups excluding carboxylic acids is 1. The van der Waals surface area contributed by atoms with Crippen LogP contribution in [0.2, 0.25) is 0 Å². The lowest BCUT2D eigenvalue weighted by Gasteiger charge is -2.19. The van der Waals surface area contributed by atoms with Crippen molar-refractivity contribution < 1.29 is 9.18 Å². The summed E-state index contributed by atoms with van der Waals surface area (Å²) in [5.41, 5.74) is 6.77. The zero-order chi connectivity index (χ0) is 14.7. The van der Waals surface area contributed by atoms with E-state index in [0.717, 1.165) is 25.9 Å². The van der Waals surface area contributed by atoms with Crippen molar-refractivity contribution in [1.82, 2.24) is 0 Å². The maximum Gasteiger partial charge on any atom is 0.228 e. The summed E-state index contributed by atoms with van der Waals surface area (Å²) in [6.45, 7) is 5.32. The van der Waals surface area contributed by atoms with Gasteiger partial charge in [0.2, 0.25) is 5.91 Å². The molecule has 1 aromatic rings. The van der Waals surface area contributed by atoms with Crippen molar-refractivity contribution in [2.24, 2.45) is 11.7 Å². The lowest BCUT2D eigenvalue weighted by molar-refractivity contribution is -0.119. The van der Waals surface area contributed by atoms with Crippen molar-refractivity contribution in [3.63, 3.8) is 0 Å². The molecule has 0 saturated carbocycles. The van der Waals surface area contributed by atoms with E-state index in [1.54, 1.807) is 26.0 Å². The first-order chi connectivity index (χ1) is 9.49. The Labute approximate surface area is 119 Å². The second kappa shape index (κ2) is 6.22. The van der Waals surface area contributed by atoms with Crippen molar-refractivity contribution in [2.45, 2.75) is 32.7 Å². The topological polar surface area (TPSA) is 58.4 Å². The third-order valence-electron chi connectivity index (χ3n) is 3.86. The number of hydrogen-bond acceptors (Lipinski definition) is 3. The molecule has 0 aliphatic carbocycles. The van der Waals surface area contributed by atoms with Crippen LogP contribution in [0, 0.1) is 11.7 Å². The quantitative estimate of drug-likeness (QED) is 0.889. The molecule has 1 fully saturated rings. The summed E-state index contributed by atoms with van der Waals surface area (Å²) in [5, 5.41) is 2.70. The van der Waals surface area contributed by atoms with Gasteiger partial charge in [0, 0.05) is 24.8 Å². The number of nitrogens with zero attached hydrogens (tertiary/aromatic N) is 1. The van der Waals surface area contributed by atoms with Gasteiger partial charge >= 0.3 is 0 Å². The Hall–Kier alpha value is -1.62. The average Bonchev–Trinajstić information content (AvgIpc) is 2.91. The van der Waals surface area contributed by atoms with E-state index in [9.17, 15) is 9.18 Å². The van der Waals surface area contributed by atoms with E-state index in [2.05, 4.69) is 5.32 Å². The molecule has 0 bridgehead atoms. The normalized spacial score (nSPS) is 17.9. The first kappa shape index (κ1) is 14.8. The number of benzene rings is 1. The summed E-state index contributed by atoms with van der Waals surface area (Å²) in [5.74, 6) is -0.789. The molecule has 1 saturated heterocycles. The molecule has 1 aliphatic heterocycles. The molecule has 1 amide bonds. The van der Waals surface area contributed by atoms with E-state index in [1.165, 1.54) is 6.07 Å². The minimum Gasteiger partial charge on any atom is -0.369 e. The molecular weight excluding hydrogens is 257 g/mol. The Balaban J connectivity index is 2.07. The highest BCUT2D eigenvalue weighted by molar-refractivity contribution is 5.92. The van der Waals surface area contributed by atoms with Crippen LogP contribution in [0.25, 0.3) is 0 Å². The molecule has 0 radical (unpaired) electrons. The maximum absolute atomic E-state index is 14.1. The fourth-order valence-corrected chi connectivity index (χ4v) is 2.29. The maximum atomic E-state index is 14.1. The van der Waals surface area contributed by atoms with Crippen molar-refractivity contribution in [2.75, 3.05) is 23.3 Å². The number of anilines is 2. The Kier molecular flexibility index (Phi) is 4.60. The van der Waals surface area contributed by atoms with Crippen molar-refractivity contribution >= 4 is 17.3 Å². The fraction of sp³-hybridized carbons (Fsp3) is 0.533. The summed E-state index contributed by atoms with van der Waals surface area (Å²) in [6, 6.07) is 4.61. The lowest BCUT2D eigenvalue weighted by Crippen LogP contribution is -2.34. The highest BCUT2D eigenvalue weighted by Crippen LogP contribution is 2.26. The van der Waals surface area contributed by atoms with Gasteiger partial charge in [-0.3, -0.25) is 4.79 Å². The summed E-state index contributed by atoms with van der Waals surface area (Å²) in [4.78, 5) is 13.9. The van der Waals surface area contributed by atoms with Crippen LogP contribution in [0.15, 0.2) is 18.2 Å². The van der Waals surface area contributed by atoms with Crippen molar-refractivity contribution in [3.05, 3.63) is 24.0 Å². The zero-order valence-corrected chi connectivity index (χ0v) is 12.0. The molecule has 1 aromatic carbocycles. The molecule has 20 heavy (non-hydrogen) atoms. The Bertz CT molecular complexity index is 484. The predicted octanol–water partition coefficient (Wildman–Crippen LogP) is 2.35. The highest BCUT2D eigenvalue weighted by Gasteiger charge is 2.19. The van der Waals surface area contributed by atoms with Gasteiger partial charge in [0.1, 0.15) is 5.82 Å². The molecule has 0 spiro atoms. The minimum absolute atomic E-state index is 0.187. The number of hydrogen-bond donors (Lipinski definition) is 2. The highest BCUT2D eigenvalue weighted by atomic mass is 19.1. The van der Waals surface area contributed by atoms with E-state index in [-0.39, 0.29) is 23.7 Å². The van der Waals surface area contributed by atoms with Gasteiger partial charge in [-0.15, -0.1) is 0 Å². The molecule has 4 nitrogen and oxygen atoms in total. The number of nitrogens with two attached hydrogens (primary N) is 1. The van der Waals surface area contributed by atoms with Crippen molar-refractivity contribution in [1.29, 1.82) is 0 Å². The summed E-state index contributed by atoms with van der Waals surface area (Å²) in [6.07, 6.45) is 2.20. The first-order valence-corrected chi connectivity index (χ1v) is 7.10. The molecular formula is C15H22FN3O. The second-order valence-electron chi connectivity index (χ2n) is 5.50. The third-order valence-corrected chi connectivity index (χ3v) is 3.86. The Morgan fingerprint density at radius 3 is 2.55 bits per heavy atom.